The van der Waals surface area contributed by atoms with Crippen LogP contribution in [0.15, 0.2) is 48.5 Å². The third-order valence-electron chi connectivity index (χ3n) is 5.53. The number of rotatable bonds is 2. The third kappa shape index (κ3) is 2.60. The molecule has 1 saturated heterocycles. The highest BCUT2D eigenvalue weighted by Gasteiger charge is 2.42. The molecule has 2 aromatic carbocycles. The molecule has 2 aliphatic heterocycles. The van der Waals surface area contributed by atoms with E-state index in [9.17, 15) is 14.0 Å². The molecule has 3 aromatic rings. The molecule has 0 radical (unpaired) electrons. The van der Waals surface area contributed by atoms with E-state index in [1.165, 1.54) is 12.1 Å². The zero-order valence-electron chi connectivity index (χ0n) is 14.6. The minimum atomic E-state index is -0.474. The van der Waals surface area contributed by atoms with Crippen molar-refractivity contribution in [2.24, 2.45) is 0 Å². The summed E-state index contributed by atoms with van der Waals surface area (Å²) in [6.07, 6.45) is 0.518. The Labute approximate surface area is 155 Å². The second-order valence-electron chi connectivity index (χ2n) is 7.19. The average Bonchev–Trinajstić information content (AvgIpc) is 3.04. The molecule has 27 heavy (non-hydrogen) atoms. The Kier molecular flexibility index (Phi) is 3.53. The number of para-hydroxylation sites is 1. The van der Waals surface area contributed by atoms with Crippen molar-refractivity contribution < 1.29 is 14.0 Å². The van der Waals surface area contributed by atoms with Crippen LogP contribution in [0.4, 0.5) is 4.39 Å². The molecule has 2 amide bonds. The van der Waals surface area contributed by atoms with Crippen molar-refractivity contribution in [3.05, 3.63) is 71.2 Å². The lowest BCUT2D eigenvalue weighted by Gasteiger charge is -2.42. The number of nitrogens with zero attached hydrogens (tertiary/aromatic N) is 2. The summed E-state index contributed by atoms with van der Waals surface area (Å²) in [6, 6.07) is 13.6. The zero-order valence-corrected chi connectivity index (χ0v) is 14.6. The van der Waals surface area contributed by atoms with Crippen LogP contribution in [0.3, 0.4) is 0 Å². The van der Waals surface area contributed by atoms with Crippen molar-refractivity contribution in [1.82, 2.24) is 14.8 Å². The van der Waals surface area contributed by atoms with E-state index in [1.54, 1.807) is 21.9 Å². The minimum absolute atomic E-state index is 0.0464. The lowest BCUT2D eigenvalue weighted by Crippen LogP contribution is -2.61. The van der Waals surface area contributed by atoms with Crippen molar-refractivity contribution in [2.45, 2.75) is 25.6 Å². The van der Waals surface area contributed by atoms with Crippen molar-refractivity contribution in [2.75, 3.05) is 6.54 Å². The number of hydrogen-bond acceptors (Lipinski definition) is 2. The summed E-state index contributed by atoms with van der Waals surface area (Å²) in [7, 11) is 0. The third-order valence-corrected chi connectivity index (χ3v) is 5.53. The van der Waals surface area contributed by atoms with Crippen molar-refractivity contribution >= 4 is 22.7 Å². The van der Waals surface area contributed by atoms with Crippen LogP contribution >= 0.6 is 0 Å². The SMILES string of the molecule is O=C1C2Cc3c([nH]c4ccccc34)CN2C(=O)CN1Cc1ccc(F)cc1. The van der Waals surface area contributed by atoms with E-state index in [2.05, 4.69) is 4.98 Å². The van der Waals surface area contributed by atoms with Gasteiger partial charge in [0.1, 0.15) is 18.4 Å². The molecule has 5 nitrogen and oxygen atoms in total. The molecule has 0 bridgehead atoms. The van der Waals surface area contributed by atoms with E-state index < -0.39 is 6.04 Å². The summed E-state index contributed by atoms with van der Waals surface area (Å²) in [5, 5.41) is 1.11. The van der Waals surface area contributed by atoms with E-state index in [-0.39, 0.29) is 24.2 Å². The first-order chi connectivity index (χ1) is 13.1. The smallest absolute Gasteiger partial charge is 0.246 e. The standard InChI is InChI=1S/C21H18FN3O2/c22-14-7-5-13(6-8-14)10-24-12-20(26)25-11-18-16(9-19(25)21(24)27)15-3-1-2-4-17(15)23-18/h1-8,19,23H,9-12H2. The van der Waals surface area contributed by atoms with E-state index in [4.69, 9.17) is 0 Å². The molecule has 1 aromatic heterocycles. The predicted octanol–water partition coefficient (Wildman–Crippen LogP) is 2.60. The van der Waals surface area contributed by atoms with Gasteiger partial charge in [0.05, 0.1) is 6.54 Å². The number of carbonyl (C=O) groups excluding carboxylic acids is 2. The lowest BCUT2D eigenvalue weighted by atomic mass is 9.93. The molecule has 0 spiro atoms. The molecule has 1 atom stereocenters. The molecule has 1 unspecified atom stereocenters. The highest BCUT2D eigenvalue weighted by molar-refractivity contribution is 5.96. The molecule has 0 saturated carbocycles. The average molecular weight is 363 g/mol. The molecular formula is C21H18FN3O2. The first-order valence-corrected chi connectivity index (χ1v) is 9.01. The summed E-state index contributed by atoms with van der Waals surface area (Å²) in [5.41, 5.74) is 3.98. The van der Waals surface area contributed by atoms with Crippen LogP contribution in [-0.4, -0.2) is 39.2 Å². The fourth-order valence-corrected chi connectivity index (χ4v) is 4.18. The number of hydrogen-bond donors (Lipinski definition) is 1. The van der Waals surface area contributed by atoms with Gasteiger partial charge in [-0.05, 0) is 29.3 Å². The van der Waals surface area contributed by atoms with E-state index >= 15 is 0 Å². The number of piperazine rings is 1. The predicted molar refractivity (Wildman–Crippen MR) is 98.2 cm³/mol. The van der Waals surface area contributed by atoms with Crippen molar-refractivity contribution in [3.8, 4) is 0 Å². The van der Waals surface area contributed by atoms with Crippen LogP contribution in [0.2, 0.25) is 0 Å². The Balaban J connectivity index is 1.45. The second-order valence-corrected chi connectivity index (χ2v) is 7.19. The second kappa shape index (κ2) is 5.94. The van der Waals surface area contributed by atoms with Crippen LogP contribution in [-0.2, 0) is 29.1 Å². The number of nitrogens with one attached hydrogen (secondary N) is 1. The van der Waals surface area contributed by atoms with Gasteiger partial charge in [0.2, 0.25) is 11.8 Å². The van der Waals surface area contributed by atoms with Crippen molar-refractivity contribution in [3.63, 3.8) is 0 Å². The van der Waals surface area contributed by atoms with Gasteiger partial charge in [0, 0.05) is 29.6 Å². The molecule has 5 rings (SSSR count). The Morgan fingerprint density at radius 3 is 2.63 bits per heavy atom. The molecule has 1 N–H and O–H groups in total. The summed E-state index contributed by atoms with van der Waals surface area (Å²) in [6.45, 7) is 0.807. The summed E-state index contributed by atoms with van der Waals surface area (Å²) in [5.74, 6) is -0.411. The van der Waals surface area contributed by atoms with Crippen LogP contribution < -0.4 is 0 Å². The minimum Gasteiger partial charge on any atom is -0.357 e. The molecule has 1 fully saturated rings. The monoisotopic (exact) mass is 363 g/mol. The van der Waals surface area contributed by atoms with Gasteiger partial charge < -0.3 is 14.8 Å². The van der Waals surface area contributed by atoms with Crippen LogP contribution in [0, 0.1) is 5.82 Å². The van der Waals surface area contributed by atoms with Crippen LogP contribution in [0.25, 0.3) is 10.9 Å². The van der Waals surface area contributed by atoms with Crippen LogP contribution in [0.1, 0.15) is 16.8 Å². The van der Waals surface area contributed by atoms with Gasteiger partial charge in [-0.2, -0.15) is 0 Å². The number of benzene rings is 2. The van der Waals surface area contributed by atoms with Crippen LogP contribution in [0.5, 0.6) is 0 Å². The number of H-pyrrole nitrogens is 1. The topological polar surface area (TPSA) is 56.4 Å². The maximum Gasteiger partial charge on any atom is 0.246 e. The number of carbonyl (C=O) groups is 2. The molecule has 0 aliphatic carbocycles. The van der Waals surface area contributed by atoms with Gasteiger partial charge in [0.15, 0.2) is 0 Å². The Hall–Kier alpha value is -3.15. The number of fused-ring (bicyclic) bond motifs is 4. The normalized spacial score (nSPS) is 19.4. The first-order valence-electron chi connectivity index (χ1n) is 9.01. The number of aromatic amines is 1. The fourth-order valence-electron chi connectivity index (χ4n) is 4.18. The quantitative estimate of drug-likeness (QED) is 0.761. The highest BCUT2D eigenvalue weighted by atomic mass is 19.1. The van der Waals surface area contributed by atoms with Gasteiger partial charge in [0.25, 0.3) is 0 Å². The van der Waals surface area contributed by atoms with Crippen molar-refractivity contribution in [1.29, 1.82) is 0 Å². The van der Waals surface area contributed by atoms with Gasteiger partial charge >= 0.3 is 0 Å². The van der Waals surface area contributed by atoms with Gasteiger partial charge in [-0.25, -0.2) is 4.39 Å². The summed E-state index contributed by atoms with van der Waals surface area (Å²) >= 11 is 0. The van der Waals surface area contributed by atoms with E-state index in [1.807, 2.05) is 24.3 Å². The number of halogens is 1. The maximum atomic E-state index is 13.1. The molecular weight excluding hydrogens is 345 g/mol. The number of aromatic nitrogens is 1. The largest absolute Gasteiger partial charge is 0.357 e. The summed E-state index contributed by atoms with van der Waals surface area (Å²) in [4.78, 5) is 32.5. The molecule has 6 heteroatoms. The Morgan fingerprint density at radius 1 is 1.04 bits per heavy atom. The maximum absolute atomic E-state index is 13.1. The number of amides is 2. The van der Waals surface area contributed by atoms with E-state index in [0.717, 1.165) is 27.7 Å². The Bertz CT molecular complexity index is 1060. The lowest BCUT2D eigenvalue weighted by molar-refractivity contribution is -0.157. The summed E-state index contributed by atoms with van der Waals surface area (Å²) < 4.78 is 13.1. The molecule has 136 valence electrons. The molecule has 2 aliphatic rings. The molecule has 3 heterocycles. The Morgan fingerprint density at radius 2 is 1.81 bits per heavy atom. The fraction of sp³-hybridized carbons (Fsp3) is 0.238. The zero-order chi connectivity index (χ0) is 18.5. The van der Waals surface area contributed by atoms with Gasteiger partial charge in [-0.15, -0.1) is 0 Å². The first kappa shape index (κ1) is 16.1. The highest BCUT2D eigenvalue weighted by Crippen LogP contribution is 2.32. The van der Waals surface area contributed by atoms with Gasteiger partial charge in [-0.3, -0.25) is 9.59 Å². The van der Waals surface area contributed by atoms with E-state index in [0.29, 0.717) is 19.5 Å². The van der Waals surface area contributed by atoms with Gasteiger partial charge in [-0.1, -0.05) is 30.3 Å².